The molecule has 3 aromatic carbocycles. The predicted molar refractivity (Wildman–Crippen MR) is 133 cm³/mol. The molecule has 174 valence electrons. The number of likely N-dealkylation sites (tertiary alicyclic amines) is 1. The Labute approximate surface area is 199 Å². The number of aromatic amines is 1. The number of hydrogen-bond donors (Lipinski definition) is 1. The number of ether oxygens (including phenoxy) is 2. The first-order valence-electron chi connectivity index (χ1n) is 11.8. The molecule has 2 heterocycles. The SMILES string of the molecule is COCCOc1ccc(-c2ccc(C(=O)N3CCC(c4nc5ccccc5[nH]4)CC3)cc2)cc1. The van der Waals surface area contributed by atoms with E-state index in [2.05, 4.69) is 11.1 Å². The topological polar surface area (TPSA) is 67.5 Å². The van der Waals surface area contributed by atoms with Crippen LogP contribution in [0.4, 0.5) is 0 Å². The van der Waals surface area contributed by atoms with Crippen LogP contribution in [-0.4, -0.2) is 54.2 Å². The minimum atomic E-state index is 0.0940. The lowest BCUT2D eigenvalue weighted by molar-refractivity contribution is 0.0711. The van der Waals surface area contributed by atoms with Crippen LogP contribution in [0.25, 0.3) is 22.2 Å². The average molecular weight is 456 g/mol. The van der Waals surface area contributed by atoms with Gasteiger partial charge in [0.2, 0.25) is 0 Å². The summed E-state index contributed by atoms with van der Waals surface area (Å²) in [6, 6.07) is 23.9. The van der Waals surface area contributed by atoms with Gasteiger partial charge in [0.1, 0.15) is 18.2 Å². The van der Waals surface area contributed by atoms with Gasteiger partial charge < -0.3 is 19.4 Å². The zero-order valence-electron chi connectivity index (χ0n) is 19.4. The number of nitrogens with one attached hydrogen (secondary N) is 1. The van der Waals surface area contributed by atoms with Crippen LogP contribution < -0.4 is 4.74 Å². The normalized spacial score (nSPS) is 14.4. The number of hydrogen-bond acceptors (Lipinski definition) is 4. The first kappa shape index (κ1) is 22.2. The lowest BCUT2D eigenvalue weighted by Gasteiger charge is -2.31. The third kappa shape index (κ3) is 4.82. The lowest BCUT2D eigenvalue weighted by Crippen LogP contribution is -2.38. The van der Waals surface area contributed by atoms with Crippen molar-refractivity contribution in [1.29, 1.82) is 0 Å². The van der Waals surface area contributed by atoms with Gasteiger partial charge in [0.15, 0.2) is 0 Å². The third-order valence-corrected chi connectivity index (χ3v) is 6.45. The number of imidazole rings is 1. The predicted octanol–water partition coefficient (Wildman–Crippen LogP) is 5.27. The van der Waals surface area contributed by atoms with E-state index in [0.29, 0.717) is 19.1 Å². The smallest absolute Gasteiger partial charge is 0.253 e. The molecule has 1 amide bonds. The molecule has 0 bridgehead atoms. The fourth-order valence-electron chi connectivity index (χ4n) is 4.50. The summed E-state index contributed by atoms with van der Waals surface area (Å²) in [4.78, 5) is 23.2. The maximum absolute atomic E-state index is 13.1. The van der Waals surface area contributed by atoms with Gasteiger partial charge in [-0.25, -0.2) is 4.98 Å². The van der Waals surface area contributed by atoms with Crippen molar-refractivity contribution in [2.45, 2.75) is 18.8 Å². The maximum Gasteiger partial charge on any atom is 0.253 e. The van der Waals surface area contributed by atoms with Crippen molar-refractivity contribution in [3.63, 3.8) is 0 Å². The molecule has 1 aliphatic heterocycles. The van der Waals surface area contributed by atoms with Crippen LogP contribution in [-0.2, 0) is 4.74 Å². The first-order valence-corrected chi connectivity index (χ1v) is 11.8. The van der Waals surface area contributed by atoms with Gasteiger partial charge in [0.05, 0.1) is 17.6 Å². The number of methoxy groups -OCH3 is 1. The molecule has 0 aliphatic carbocycles. The Balaban J connectivity index is 1.18. The number of para-hydroxylation sites is 2. The molecule has 1 aromatic heterocycles. The van der Waals surface area contributed by atoms with Gasteiger partial charge in [-0.15, -0.1) is 0 Å². The highest BCUT2D eigenvalue weighted by molar-refractivity contribution is 5.94. The molecule has 5 rings (SSSR count). The minimum absolute atomic E-state index is 0.0940. The molecule has 4 aromatic rings. The van der Waals surface area contributed by atoms with Gasteiger partial charge in [0, 0.05) is 31.7 Å². The van der Waals surface area contributed by atoms with Crippen LogP contribution in [0.5, 0.6) is 5.75 Å². The summed E-state index contributed by atoms with van der Waals surface area (Å²) in [7, 11) is 1.66. The van der Waals surface area contributed by atoms with Crippen molar-refractivity contribution in [1.82, 2.24) is 14.9 Å². The number of nitrogens with zero attached hydrogens (tertiary/aromatic N) is 2. The number of benzene rings is 3. The molecular formula is C28H29N3O3. The number of carbonyl (C=O) groups excluding carboxylic acids is 1. The van der Waals surface area contributed by atoms with Gasteiger partial charge in [-0.05, 0) is 60.4 Å². The molecule has 34 heavy (non-hydrogen) atoms. The van der Waals surface area contributed by atoms with Crippen LogP contribution in [0.2, 0.25) is 0 Å². The van der Waals surface area contributed by atoms with Crippen molar-refractivity contribution in [2.24, 2.45) is 0 Å². The van der Waals surface area contributed by atoms with Crippen LogP contribution in [0.15, 0.2) is 72.8 Å². The van der Waals surface area contributed by atoms with E-state index in [1.807, 2.05) is 71.6 Å². The summed E-state index contributed by atoms with van der Waals surface area (Å²) in [5.41, 5.74) is 4.97. The Kier molecular flexibility index (Phi) is 6.58. The second kappa shape index (κ2) is 10.1. The highest BCUT2D eigenvalue weighted by Gasteiger charge is 2.26. The summed E-state index contributed by atoms with van der Waals surface area (Å²) >= 11 is 0. The number of rotatable bonds is 7. The van der Waals surface area contributed by atoms with E-state index in [4.69, 9.17) is 14.5 Å². The maximum atomic E-state index is 13.1. The summed E-state index contributed by atoms with van der Waals surface area (Å²) in [5, 5.41) is 0. The third-order valence-electron chi connectivity index (χ3n) is 6.45. The number of carbonyl (C=O) groups is 1. The second-order valence-corrected chi connectivity index (χ2v) is 8.65. The van der Waals surface area contributed by atoms with E-state index >= 15 is 0 Å². The van der Waals surface area contributed by atoms with Crippen LogP contribution in [0.3, 0.4) is 0 Å². The van der Waals surface area contributed by atoms with E-state index in [1.165, 1.54) is 0 Å². The zero-order chi connectivity index (χ0) is 23.3. The minimum Gasteiger partial charge on any atom is -0.491 e. The van der Waals surface area contributed by atoms with Crippen molar-refractivity contribution in [3.05, 3.63) is 84.2 Å². The Morgan fingerprint density at radius 3 is 2.29 bits per heavy atom. The lowest BCUT2D eigenvalue weighted by atomic mass is 9.95. The van der Waals surface area contributed by atoms with Crippen molar-refractivity contribution in [3.8, 4) is 16.9 Å². The van der Waals surface area contributed by atoms with Crippen LogP contribution in [0.1, 0.15) is 34.9 Å². The van der Waals surface area contributed by atoms with Gasteiger partial charge in [0.25, 0.3) is 5.91 Å². The van der Waals surface area contributed by atoms with Crippen molar-refractivity contribution >= 4 is 16.9 Å². The Hall–Kier alpha value is -3.64. The van der Waals surface area contributed by atoms with Gasteiger partial charge in [-0.1, -0.05) is 36.4 Å². The van der Waals surface area contributed by atoms with Gasteiger partial charge in [-0.2, -0.15) is 0 Å². The fraction of sp³-hybridized carbons (Fsp3) is 0.286. The number of aromatic nitrogens is 2. The summed E-state index contributed by atoms with van der Waals surface area (Å²) in [5.74, 6) is 2.31. The zero-order valence-corrected chi connectivity index (χ0v) is 19.4. The molecule has 0 radical (unpaired) electrons. The van der Waals surface area contributed by atoms with E-state index < -0.39 is 0 Å². The summed E-state index contributed by atoms with van der Waals surface area (Å²) in [6.07, 6.45) is 1.84. The van der Waals surface area contributed by atoms with E-state index in [0.717, 1.165) is 65.2 Å². The van der Waals surface area contributed by atoms with Crippen molar-refractivity contribution in [2.75, 3.05) is 33.4 Å². The Bertz CT molecular complexity index is 1210. The summed E-state index contributed by atoms with van der Waals surface area (Å²) < 4.78 is 10.6. The molecule has 6 nitrogen and oxygen atoms in total. The molecule has 1 saturated heterocycles. The summed E-state index contributed by atoms with van der Waals surface area (Å²) in [6.45, 7) is 2.58. The van der Waals surface area contributed by atoms with Crippen molar-refractivity contribution < 1.29 is 14.3 Å². The number of fused-ring (bicyclic) bond motifs is 1. The highest BCUT2D eigenvalue weighted by Crippen LogP contribution is 2.29. The number of H-pyrrole nitrogens is 1. The van der Waals surface area contributed by atoms with E-state index in [1.54, 1.807) is 7.11 Å². The second-order valence-electron chi connectivity index (χ2n) is 8.65. The van der Waals surface area contributed by atoms with E-state index in [9.17, 15) is 4.79 Å². The fourth-order valence-corrected chi connectivity index (χ4v) is 4.50. The molecule has 1 aliphatic rings. The molecule has 0 saturated carbocycles. The standard InChI is InChI=1S/C28H29N3O3/c1-33-18-19-34-24-12-10-21(11-13-24)20-6-8-23(9-7-20)28(32)31-16-14-22(15-17-31)27-29-25-4-2-3-5-26(25)30-27/h2-13,22H,14-19H2,1H3,(H,29,30). The Morgan fingerprint density at radius 1 is 0.941 bits per heavy atom. The quantitative estimate of drug-likeness (QED) is 0.385. The number of amides is 1. The highest BCUT2D eigenvalue weighted by atomic mass is 16.5. The molecule has 1 fully saturated rings. The Morgan fingerprint density at radius 2 is 1.62 bits per heavy atom. The number of piperidine rings is 1. The molecular weight excluding hydrogens is 426 g/mol. The molecule has 0 atom stereocenters. The molecule has 6 heteroatoms. The monoisotopic (exact) mass is 455 g/mol. The van der Waals surface area contributed by atoms with E-state index in [-0.39, 0.29) is 5.91 Å². The molecule has 0 unspecified atom stereocenters. The molecule has 0 spiro atoms. The average Bonchev–Trinajstić information content (AvgIpc) is 3.34. The van der Waals surface area contributed by atoms with Crippen LogP contribution >= 0.6 is 0 Å². The van der Waals surface area contributed by atoms with Gasteiger partial charge >= 0.3 is 0 Å². The largest absolute Gasteiger partial charge is 0.491 e. The van der Waals surface area contributed by atoms with Gasteiger partial charge in [-0.3, -0.25) is 4.79 Å². The van der Waals surface area contributed by atoms with Crippen LogP contribution in [0, 0.1) is 0 Å². The molecule has 1 N–H and O–H groups in total. The first-order chi connectivity index (χ1) is 16.7.